The van der Waals surface area contributed by atoms with Crippen LogP contribution < -0.4 is 5.73 Å². The third-order valence-electron chi connectivity index (χ3n) is 6.52. The Bertz CT molecular complexity index is 1320. The van der Waals surface area contributed by atoms with Gasteiger partial charge in [-0.3, -0.25) is 4.90 Å². The fourth-order valence-electron chi connectivity index (χ4n) is 4.74. The van der Waals surface area contributed by atoms with Crippen LogP contribution in [-0.4, -0.2) is 58.0 Å². The zero-order valence-electron chi connectivity index (χ0n) is 18.1. The van der Waals surface area contributed by atoms with Gasteiger partial charge in [0.15, 0.2) is 11.5 Å². The topological polar surface area (TPSA) is 116 Å². The van der Waals surface area contributed by atoms with Crippen molar-refractivity contribution in [2.45, 2.75) is 51.1 Å². The Hall–Kier alpha value is -3.41. The van der Waals surface area contributed by atoms with Crippen molar-refractivity contribution in [1.29, 1.82) is 0 Å². The van der Waals surface area contributed by atoms with Gasteiger partial charge in [0.1, 0.15) is 17.8 Å². The number of nitrogens with zero attached hydrogens (tertiary/aromatic N) is 8. The normalized spacial score (nSPS) is 18.5. The van der Waals surface area contributed by atoms with E-state index in [-0.39, 0.29) is 24.7 Å². The summed E-state index contributed by atoms with van der Waals surface area (Å²) in [6.45, 7) is 4.95. The molecule has 0 amide bonds. The third-order valence-corrected chi connectivity index (χ3v) is 6.52. The molecule has 2 N–H and O–H groups in total. The van der Waals surface area contributed by atoms with E-state index in [1.165, 1.54) is 6.26 Å². The van der Waals surface area contributed by atoms with Crippen LogP contribution in [0.4, 0.5) is 14.7 Å². The van der Waals surface area contributed by atoms with Gasteiger partial charge in [0.2, 0.25) is 17.8 Å². The fraction of sp³-hybridized carbons (Fsp3) is 0.476. The van der Waals surface area contributed by atoms with E-state index < -0.39 is 5.92 Å². The van der Waals surface area contributed by atoms with Crippen LogP contribution in [0.2, 0.25) is 0 Å². The standard InChI is InChI=1S/C21H23F2N9O/c1-12-16(19-25-3-7-33-19)28-20(24)32-17(12)27-15(29-32)2-4-30-5-6-31-14(11-30)10-26-18(31)13-8-21(22,23)9-13/h3,7,10,13H,2,4-6,8-9,11H2,1H3,(H2,24,28). The summed E-state index contributed by atoms with van der Waals surface area (Å²) in [7, 11) is 0. The first kappa shape index (κ1) is 20.2. The average molecular weight is 455 g/mol. The van der Waals surface area contributed by atoms with Gasteiger partial charge >= 0.3 is 0 Å². The van der Waals surface area contributed by atoms with Gasteiger partial charge in [-0.25, -0.2) is 28.7 Å². The van der Waals surface area contributed by atoms with Crippen molar-refractivity contribution in [3.8, 4) is 11.6 Å². The van der Waals surface area contributed by atoms with Gasteiger partial charge in [0.05, 0.1) is 11.9 Å². The summed E-state index contributed by atoms with van der Waals surface area (Å²) in [6.07, 6.45) is 5.32. The molecule has 6 rings (SSSR count). The summed E-state index contributed by atoms with van der Waals surface area (Å²) >= 11 is 0. The van der Waals surface area contributed by atoms with Crippen molar-refractivity contribution in [1.82, 2.24) is 39.0 Å². The predicted molar refractivity (Wildman–Crippen MR) is 114 cm³/mol. The average Bonchev–Trinajstić information content (AvgIpc) is 3.52. The number of alkyl halides is 2. The second-order valence-electron chi connectivity index (χ2n) is 8.79. The molecule has 1 saturated carbocycles. The quantitative estimate of drug-likeness (QED) is 0.488. The number of aromatic nitrogens is 7. The second-order valence-corrected chi connectivity index (χ2v) is 8.79. The molecule has 172 valence electrons. The Kier molecular flexibility index (Phi) is 4.47. The maximum absolute atomic E-state index is 13.3. The molecular weight excluding hydrogens is 432 g/mol. The Labute approximate surface area is 187 Å². The van der Waals surface area contributed by atoms with E-state index in [1.807, 2.05) is 13.1 Å². The molecule has 4 aromatic rings. The summed E-state index contributed by atoms with van der Waals surface area (Å²) in [5, 5.41) is 4.54. The summed E-state index contributed by atoms with van der Waals surface area (Å²) < 4.78 is 35.6. The maximum Gasteiger partial charge on any atom is 0.249 e. The number of anilines is 1. The molecule has 0 aromatic carbocycles. The Morgan fingerprint density at radius 2 is 2.06 bits per heavy atom. The molecule has 0 saturated heterocycles. The number of halogens is 2. The lowest BCUT2D eigenvalue weighted by Gasteiger charge is -2.36. The molecule has 33 heavy (non-hydrogen) atoms. The molecular formula is C21H23F2N9O. The van der Waals surface area contributed by atoms with Crippen molar-refractivity contribution >= 4 is 11.6 Å². The van der Waals surface area contributed by atoms with E-state index >= 15 is 0 Å². The molecule has 0 unspecified atom stereocenters. The molecule has 5 heterocycles. The molecule has 2 aliphatic rings. The van der Waals surface area contributed by atoms with Gasteiger partial charge in [-0.1, -0.05) is 0 Å². The highest BCUT2D eigenvalue weighted by atomic mass is 19.3. The number of hydrogen-bond acceptors (Lipinski definition) is 8. The van der Waals surface area contributed by atoms with Crippen LogP contribution in [0.3, 0.4) is 0 Å². The minimum Gasteiger partial charge on any atom is -0.443 e. The molecule has 1 aliphatic carbocycles. The van der Waals surface area contributed by atoms with Gasteiger partial charge in [-0.15, -0.1) is 5.10 Å². The Morgan fingerprint density at radius 1 is 1.21 bits per heavy atom. The molecule has 0 spiro atoms. The van der Waals surface area contributed by atoms with Crippen molar-refractivity contribution in [3.63, 3.8) is 0 Å². The van der Waals surface area contributed by atoms with Crippen LogP contribution in [0.25, 0.3) is 17.2 Å². The van der Waals surface area contributed by atoms with Crippen molar-refractivity contribution in [3.05, 3.63) is 41.6 Å². The van der Waals surface area contributed by atoms with Crippen LogP contribution in [0.15, 0.2) is 23.1 Å². The van der Waals surface area contributed by atoms with Gasteiger partial charge < -0.3 is 14.7 Å². The molecule has 12 heteroatoms. The van der Waals surface area contributed by atoms with Gasteiger partial charge in [-0.2, -0.15) is 4.52 Å². The summed E-state index contributed by atoms with van der Waals surface area (Å²) in [4.78, 5) is 20.0. The minimum absolute atomic E-state index is 0.0954. The molecule has 1 fully saturated rings. The number of oxazole rings is 1. The second kappa shape index (κ2) is 7.30. The summed E-state index contributed by atoms with van der Waals surface area (Å²) in [5.41, 5.74) is 9.15. The smallest absolute Gasteiger partial charge is 0.249 e. The SMILES string of the molecule is Cc1c(-c2ncco2)nc(N)n2nc(CCN3CCn4c(cnc4C4CC(F)(F)C4)C3)nc12. The van der Waals surface area contributed by atoms with Crippen LogP contribution in [0.5, 0.6) is 0 Å². The van der Waals surface area contributed by atoms with E-state index in [2.05, 4.69) is 34.5 Å². The van der Waals surface area contributed by atoms with Crippen molar-refractivity contribution in [2.24, 2.45) is 0 Å². The zero-order chi connectivity index (χ0) is 22.7. The maximum atomic E-state index is 13.3. The largest absolute Gasteiger partial charge is 0.443 e. The number of fused-ring (bicyclic) bond motifs is 2. The first-order valence-corrected chi connectivity index (χ1v) is 10.9. The van der Waals surface area contributed by atoms with Crippen LogP contribution in [0, 0.1) is 6.92 Å². The van der Waals surface area contributed by atoms with Gasteiger partial charge in [0, 0.05) is 63.1 Å². The number of imidazole rings is 1. The first-order chi connectivity index (χ1) is 15.9. The molecule has 0 bridgehead atoms. The number of aryl methyl sites for hydroxylation is 1. The molecule has 4 aromatic heterocycles. The Morgan fingerprint density at radius 3 is 2.82 bits per heavy atom. The van der Waals surface area contributed by atoms with Crippen LogP contribution in [-0.2, 0) is 19.5 Å². The monoisotopic (exact) mass is 455 g/mol. The Balaban J connectivity index is 1.16. The third kappa shape index (κ3) is 3.45. The summed E-state index contributed by atoms with van der Waals surface area (Å²) in [6, 6.07) is 0. The molecule has 0 atom stereocenters. The van der Waals surface area contributed by atoms with Crippen molar-refractivity contribution in [2.75, 3.05) is 18.8 Å². The minimum atomic E-state index is -2.54. The molecule has 1 aliphatic heterocycles. The number of nitrogen functional groups attached to an aromatic ring is 1. The summed E-state index contributed by atoms with van der Waals surface area (Å²) in [5.74, 6) is -0.581. The lowest BCUT2D eigenvalue weighted by atomic mass is 9.80. The number of rotatable bonds is 5. The predicted octanol–water partition coefficient (Wildman–Crippen LogP) is 2.44. The van der Waals surface area contributed by atoms with E-state index in [0.717, 1.165) is 43.3 Å². The first-order valence-electron chi connectivity index (χ1n) is 10.9. The van der Waals surface area contributed by atoms with Gasteiger partial charge in [-0.05, 0) is 6.92 Å². The number of hydrogen-bond donors (Lipinski definition) is 1. The lowest BCUT2D eigenvalue weighted by molar-refractivity contribution is -0.0893. The zero-order valence-corrected chi connectivity index (χ0v) is 18.1. The van der Waals surface area contributed by atoms with Crippen LogP contribution in [0.1, 0.15) is 41.7 Å². The lowest BCUT2D eigenvalue weighted by Crippen LogP contribution is -2.38. The molecule has 0 radical (unpaired) electrons. The van der Waals surface area contributed by atoms with E-state index in [1.54, 1.807) is 10.7 Å². The van der Waals surface area contributed by atoms with Crippen LogP contribution >= 0.6 is 0 Å². The van der Waals surface area contributed by atoms with E-state index in [4.69, 9.17) is 10.2 Å². The fourth-order valence-corrected chi connectivity index (χ4v) is 4.74. The highest BCUT2D eigenvalue weighted by Gasteiger charge is 2.48. The molecule has 10 nitrogen and oxygen atoms in total. The highest BCUT2D eigenvalue weighted by Crippen LogP contribution is 2.48. The van der Waals surface area contributed by atoms with E-state index in [0.29, 0.717) is 29.5 Å². The van der Waals surface area contributed by atoms with Gasteiger partial charge in [0.25, 0.3) is 0 Å². The highest BCUT2D eigenvalue weighted by molar-refractivity contribution is 5.65. The van der Waals surface area contributed by atoms with E-state index in [9.17, 15) is 8.78 Å². The van der Waals surface area contributed by atoms with Crippen molar-refractivity contribution < 1.29 is 13.2 Å². The number of nitrogens with two attached hydrogens (primary N) is 1.